The Labute approximate surface area is 96.7 Å². The van der Waals surface area contributed by atoms with Crippen molar-refractivity contribution in [2.24, 2.45) is 0 Å². The maximum Gasteiger partial charge on any atom is 0.253 e. The first kappa shape index (κ1) is 11.7. The van der Waals surface area contributed by atoms with Crippen molar-refractivity contribution in [3.05, 3.63) is 35.2 Å². The monoisotopic (exact) mass is 239 g/mol. The molecule has 0 aliphatic rings. The minimum Gasteiger partial charge on any atom is -0.419 e. The molecule has 0 saturated carbocycles. The summed E-state index contributed by atoms with van der Waals surface area (Å²) < 4.78 is 32.4. The number of halogens is 2. The molecule has 2 aromatic rings. The van der Waals surface area contributed by atoms with Crippen molar-refractivity contribution in [1.29, 1.82) is 0 Å². The Morgan fingerprint density at radius 1 is 1.29 bits per heavy atom. The molecule has 0 bridgehead atoms. The lowest BCUT2D eigenvalue weighted by atomic mass is 10.1. The van der Waals surface area contributed by atoms with E-state index in [0.29, 0.717) is 12.1 Å². The number of benzene rings is 1. The Morgan fingerprint density at radius 2 is 2.06 bits per heavy atom. The highest BCUT2D eigenvalue weighted by atomic mass is 19.1. The summed E-state index contributed by atoms with van der Waals surface area (Å²) in [4.78, 5) is 0. The minimum atomic E-state index is -0.715. The van der Waals surface area contributed by atoms with Crippen LogP contribution in [0.2, 0.25) is 0 Å². The Hall–Kier alpha value is -1.82. The zero-order valence-electron chi connectivity index (χ0n) is 9.42. The number of nitrogens with zero attached hydrogens (tertiary/aromatic N) is 2. The highest BCUT2D eigenvalue weighted by molar-refractivity contribution is 5.56. The van der Waals surface area contributed by atoms with Crippen LogP contribution >= 0.6 is 0 Å². The lowest BCUT2D eigenvalue weighted by Crippen LogP contribution is -2.04. The highest BCUT2D eigenvalue weighted by Crippen LogP contribution is 2.26. The molecule has 0 unspecified atom stereocenters. The largest absolute Gasteiger partial charge is 0.419 e. The van der Waals surface area contributed by atoms with E-state index in [9.17, 15) is 8.78 Å². The Kier molecular flexibility index (Phi) is 3.14. The summed E-state index contributed by atoms with van der Waals surface area (Å²) in [6.07, 6.45) is 0. The Morgan fingerprint density at radius 3 is 2.76 bits per heavy atom. The topological polar surface area (TPSA) is 51.0 Å². The molecule has 4 nitrogen and oxygen atoms in total. The molecule has 0 atom stereocenters. The minimum absolute atomic E-state index is 0.144. The van der Waals surface area contributed by atoms with Gasteiger partial charge in [0.1, 0.15) is 17.2 Å². The average Bonchev–Trinajstić information content (AvgIpc) is 2.73. The molecule has 0 spiro atoms. The van der Waals surface area contributed by atoms with Crippen molar-refractivity contribution >= 4 is 0 Å². The molecule has 6 heteroatoms. The first-order valence-electron chi connectivity index (χ1n) is 5.05. The van der Waals surface area contributed by atoms with Crippen LogP contribution in [0.5, 0.6) is 0 Å². The third-order valence-corrected chi connectivity index (χ3v) is 2.29. The maximum absolute atomic E-state index is 13.8. The van der Waals surface area contributed by atoms with Gasteiger partial charge in [0.2, 0.25) is 5.89 Å². The smallest absolute Gasteiger partial charge is 0.253 e. The van der Waals surface area contributed by atoms with Crippen LogP contribution in [0, 0.1) is 18.6 Å². The summed E-state index contributed by atoms with van der Waals surface area (Å²) in [5, 5.41) is 10.1. The van der Waals surface area contributed by atoms with Crippen LogP contribution < -0.4 is 5.32 Å². The van der Waals surface area contributed by atoms with Crippen LogP contribution in [0.4, 0.5) is 8.78 Å². The highest BCUT2D eigenvalue weighted by Gasteiger charge is 2.19. The van der Waals surface area contributed by atoms with Crippen LogP contribution in [0.3, 0.4) is 0 Å². The molecular weight excluding hydrogens is 228 g/mol. The second-order valence-electron chi connectivity index (χ2n) is 3.58. The van der Waals surface area contributed by atoms with Crippen LogP contribution in [0.25, 0.3) is 11.5 Å². The van der Waals surface area contributed by atoms with E-state index in [-0.39, 0.29) is 17.3 Å². The quantitative estimate of drug-likeness (QED) is 0.890. The molecule has 0 amide bonds. The summed E-state index contributed by atoms with van der Waals surface area (Å²) >= 11 is 0. The van der Waals surface area contributed by atoms with Gasteiger partial charge in [-0.1, -0.05) is 6.07 Å². The molecule has 1 aromatic heterocycles. The van der Waals surface area contributed by atoms with Gasteiger partial charge in [0.25, 0.3) is 5.89 Å². The Balaban J connectivity index is 2.48. The number of rotatable bonds is 3. The summed E-state index contributed by atoms with van der Waals surface area (Å²) in [6.45, 7) is 1.89. The molecule has 2 rings (SSSR count). The fourth-order valence-electron chi connectivity index (χ4n) is 1.43. The van der Waals surface area contributed by atoms with E-state index < -0.39 is 11.6 Å². The van der Waals surface area contributed by atoms with E-state index in [2.05, 4.69) is 15.5 Å². The maximum atomic E-state index is 13.8. The standard InChI is InChI=1S/C11H11F2N3O/c1-6-3-4-7(12)9(10(6)13)11-16-15-8(17-11)5-14-2/h3-4,14H,5H2,1-2H3. The molecular formula is C11H11F2N3O. The molecule has 1 aromatic carbocycles. The lowest BCUT2D eigenvalue weighted by molar-refractivity contribution is 0.481. The van der Waals surface area contributed by atoms with Crippen molar-refractivity contribution in [2.75, 3.05) is 7.05 Å². The van der Waals surface area contributed by atoms with Crippen LogP contribution in [0.1, 0.15) is 11.5 Å². The first-order valence-corrected chi connectivity index (χ1v) is 5.05. The van der Waals surface area contributed by atoms with Gasteiger partial charge >= 0.3 is 0 Å². The lowest BCUT2D eigenvalue weighted by Gasteiger charge is -2.02. The second kappa shape index (κ2) is 4.58. The number of aromatic nitrogens is 2. The third kappa shape index (κ3) is 2.16. The van der Waals surface area contributed by atoms with Crippen LogP contribution in [-0.2, 0) is 6.54 Å². The predicted molar refractivity (Wildman–Crippen MR) is 57.2 cm³/mol. The zero-order valence-corrected chi connectivity index (χ0v) is 9.42. The first-order chi connectivity index (χ1) is 8.13. The number of nitrogens with one attached hydrogen (secondary N) is 1. The molecule has 0 aliphatic heterocycles. The fraction of sp³-hybridized carbons (Fsp3) is 0.273. The van der Waals surface area contributed by atoms with Crippen molar-refractivity contribution in [2.45, 2.75) is 13.5 Å². The van der Waals surface area contributed by atoms with Crippen LogP contribution in [-0.4, -0.2) is 17.2 Å². The van der Waals surface area contributed by atoms with Gasteiger partial charge < -0.3 is 9.73 Å². The predicted octanol–water partition coefficient (Wildman–Crippen LogP) is 2.04. The van der Waals surface area contributed by atoms with Gasteiger partial charge in [-0.2, -0.15) is 0 Å². The van der Waals surface area contributed by atoms with E-state index in [1.807, 2.05) is 0 Å². The van der Waals surface area contributed by atoms with Crippen molar-refractivity contribution in [3.8, 4) is 11.5 Å². The van der Waals surface area contributed by atoms with Gasteiger partial charge in [0, 0.05) is 0 Å². The van der Waals surface area contributed by atoms with Gasteiger partial charge in [-0.15, -0.1) is 10.2 Å². The second-order valence-corrected chi connectivity index (χ2v) is 3.58. The molecule has 0 radical (unpaired) electrons. The number of aryl methyl sites for hydroxylation is 1. The molecule has 1 N–H and O–H groups in total. The van der Waals surface area contributed by atoms with Crippen molar-refractivity contribution in [1.82, 2.24) is 15.5 Å². The SMILES string of the molecule is CNCc1nnc(-c2c(F)ccc(C)c2F)o1. The summed E-state index contributed by atoms with van der Waals surface area (Å²) in [6, 6.07) is 2.54. The number of hydrogen-bond acceptors (Lipinski definition) is 4. The molecule has 1 heterocycles. The van der Waals surface area contributed by atoms with E-state index in [0.717, 1.165) is 0 Å². The van der Waals surface area contributed by atoms with Gasteiger partial charge in [0.15, 0.2) is 0 Å². The molecule has 0 aliphatic carbocycles. The summed E-state index contributed by atoms with van der Waals surface area (Å²) in [5.74, 6) is -1.26. The average molecular weight is 239 g/mol. The normalized spacial score (nSPS) is 10.8. The van der Waals surface area contributed by atoms with Crippen LogP contribution in [0.15, 0.2) is 16.5 Å². The third-order valence-electron chi connectivity index (χ3n) is 2.29. The summed E-state index contributed by atoms with van der Waals surface area (Å²) in [5.41, 5.74) is 0.0506. The van der Waals surface area contributed by atoms with Crippen molar-refractivity contribution in [3.63, 3.8) is 0 Å². The molecule has 90 valence electrons. The molecule has 0 fully saturated rings. The molecule has 0 saturated heterocycles. The zero-order chi connectivity index (χ0) is 12.4. The van der Waals surface area contributed by atoms with E-state index in [1.165, 1.54) is 12.1 Å². The van der Waals surface area contributed by atoms with E-state index in [1.54, 1.807) is 14.0 Å². The van der Waals surface area contributed by atoms with Crippen molar-refractivity contribution < 1.29 is 13.2 Å². The Bertz CT molecular complexity index is 540. The van der Waals surface area contributed by atoms with Gasteiger partial charge in [-0.25, -0.2) is 8.78 Å². The number of hydrogen-bond donors (Lipinski definition) is 1. The van der Waals surface area contributed by atoms with Gasteiger partial charge in [-0.3, -0.25) is 0 Å². The van der Waals surface area contributed by atoms with E-state index in [4.69, 9.17) is 4.42 Å². The molecule has 17 heavy (non-hydrogen) atoms. The fourth-order valence-corrected chi connectivity index (χ4v) is 1.43. The summed E-state index contributed by atoms with van der Waals surface area (Å²) in [7, 11) is 1.71. The van der Waals surface area contributed by atoms with E-state index >= 15 is 0 Å². The van der Waals surface area contributed by atoms with Gasteiger partial charge in [0.05, 0.1) is 6.54 Å². The van der Waals surface area contributed by atoms with Gasteiger partial charge in [-0.05, 0) is 25.6 Å².